The lowest BCUT2D eigenvalue weighted by atomic mass is 10.1. The van der Waals surface area contributed by atoms with Crippen molar-refractivity contribution in [3.8, 4) is 0 Å². The van der Waals surface area contributed by atoms with Crippen LogP contribution >= 0.6 is 11.6 Å². The summed E-state index contributed by atoms with van der Waals surface area (Å²) in [5.74, 6) is -0.259. The van der Waals surface area contributed by atoms with E-state index in [1.165, 1.54) is 11.8 Å². The second-order valence-electron chi connectivity index (χ2n) is 6.43. The number of amides is 3. The molecule has 3 amide bonds. The number of carbonyl (C=O) groups is 3. The monoisotopic (exact) mass is 395 g/mol. The maximum absolute atomic E-state index is 12.3. The molecule has 0 atom stereocenters. The molecule has 7 nitrogen and oxygen atoms in total. The van der Waals surface area contributed by atoms with Gasteiger partial charge in [-0.05, 0) is 38.0 Å². The van der Waals surface area contributed by atoms with Gasteiger partial charge in [0.05, 0.1) is 6.61 Å². The number of nitrogens with one attached hydrogen (secondary N) is 1. The predicted molar refractivity (Wildman–Crippen MR) is 104 cm³/mol. The van der Waals surface area contributed by atoms with Crippen LogP contribution in [0.3, 0.4) is 0 Å². The summed E-state index contributed by atoms with van der Waals surface area (Å²) < 4.78 is 4.99. The normalized spacial score (nSPS) is 14.6. The van der Waals surface area contributed by atoms with Crippen LogP contribution in [-0.4, -0.2) is 55.1 Å². The fourth-order valence-electron chi connectivity index (χ4n) is 3.05. The highest BCUT2D eigenvalue weighted by Gasteiger charge is 2.24. The predicted octanol–water partition coefficient (Wildman–Crippen LogP) is 2.82. The summed E-state index contributed by atoms with van der Waals surface area (Å²) in [5, 5.41) is 3.52. The fourth-order valence-corrected chi connectivity index (χ4v) is 3.23. The van der Waals surface area contributed by atoms with Crippen molar-refractivity contribution in [2.45, 2.75) is 39.2 Å². The van der Waals surface area contributed by atoms with E-state index in [1.807, 2.05) is 0 Å². The van der Waals surface area contributed by atoms with Crippen LogP contribution in [0.2, 0.25) is 5.02 Å². The minimum Gasteiger partial charge on any atom is -0.450 e. The van der Waals surface area contributed by atoms with Gasteiger partial charge in [-0.25, -0.2) is 4.79 Å². The van der Waals surface area contributed by atoms with Gasteiger partial charge in [0, 0.05) is 49.7 Å². The van der Waals surface area contributed by atoms with Crippen molar-refractivity contribution in [3.63, 3.8) is 0 Å². The molecular formula is C19H26ClN3O4. The van der Waals surface area contributed by atoms with Crippen LogP contribution in [0.25, 0.3) is 0 Å². The molecule has 1 heterocycles. The minimum absolute atomic E-state index is 0.0279. The van der Waals surface area contributed by atoms with Gasteiger partial charge in [-0.15, -0.1) is 0 Å². The number of piperidine rings is 1. The lowest BCUT2D eigenvalue weighted by molar-refractivity contribution is -0.122. The SMILES string of the molecule is CCOC(=O)N1CCC(NC(=O)CCN(C(C)=O)c2cccc(Cl)c2)CC1. The van der Waals surface area contributed by atoms with Crippen molar-refractivity contribution in [2.24, 2.45) is 0 Å². The molecular weight excluding hydrogens is 370 g/mol. The Morgan fingerprint density at radius 1 is 1.30 bits per heavy atom. The number of likely N-dealkylation sites (tertiary alicyclic amines) is 1. The van der Waals surface area contributed by atoms with Crippen molar-refractivity contribution in [1.29, 1.82) is 0 Å². The highest BCUT2D eigenvalue weighted by molar-refractivity contribution is 6.30. The van der Waals surface area contributed by atoms with Gasteiger partial charge in [0.1, 0.15) is 0 Å². The molecule has 1 aromatic carbocycles. The Bertz CT molecular complexity index is 675. The molecule has 0 bridgehead atoms. The number of nitrogens with zero attached hydrogens (tertiary/aromatic N) is 2. The van der Waals surface area contributed by atoms with E-state index in [4.69, 9.17) is 16.3 Å². The zero-order valence-corrected chi connectivity index (χ0v) is 16.5. The third kappa shape index (κ3) is 6.43. The average molecular weight is 396 g/mol. The van der Waals surface area contributed by atoms with Crippen LogP contribution in [0, 0.1) is 0 Å². The molecule has 1 saturated heterocycles. The van der Waals surface area contributed by atoms with Gasteiger partial charge in [-0.3, -0.25) is 9.59 Å². The summed E-state index contributed by atoms with van der Waals surface area (Å²) in [6.45, 7) is 5.00. The number of carbonyl (C=O) groups excluding carboxylic acids is 3. The minimum atomic E-state index is -0.305. The molecule has 0 saturated carbocycles. The Balaban J connectivity index is 1.80. The van der Waals surface area contributed by atoms with Crippen LogP contribution in [-0.2, 0) is 14.3 Å². The van der Waals surface area contributed by atoms with E-state index in [1.54, 1.807) is 36.1 Å². The standard InChI is InChI=1S/C19H26ClN3O4/c1-3-27-19(26)22-10-7-16(8-11-22)21-18(25)9-12-23(14(2)24)17-6-4-5-15(20)13-17/h4-6,13,16H,3,7-12H2,1-2H3,(H,21,25). The second-order valence-corrected chi connectivity index (χ2v) is 6.86. The van der Waals surface area contributed by atoms with Gasteiger partial charge in [0.2, 0.25) is 11.8 Å². The largest absolute Gasteiger partial charge is 0.450 e. The molecule has 0 aromatic heterocycles. The Labute approximate surface area is 164 Å². The number of halogens is 1. The van der Waals surface area contributed by atoms with E-state index < -0.39 is 0 Å². The van der Waals surface area contributed by atoms with E-state index in [0.717, 1.165) is 0 Å². The number of hydrogen-bond donors (Lipinski definition) is 1. The Kier molecular flexibility index (Phi) is 7.91. The molecule has 8 heteroatoms. The summed E-state index contributed by atoms with van der Waals surface area (Å²) in [5.41, 5.74) is 0.672. The van der Waals surface area contributed by atoms with Crippen LogP contribution in [0.5, 0.6) is 0 Å². The Morgan fingerprint density at radius 2 is 2.00 bits per heavy atom. The molecule has 1 fully saturated rings. The molecule has 27 heavy (non-hydrogen) atoms. The van der Waals surface area contributed by atoms with E-state index >= 15 is 0 Å². The maximum atomic E-state index is 12.3. The quantitative estimate of drug-likeness (QED) is 0.803. The van der Waals surface area contributed by atoms with Crippen LogP contribution in [0.4, 0.5) is 10.5 Å². The first-order chi connectivity index (χ1) is 12.9. The Morgan fingerprint density at radius 3 is 2.59 bits per heavy atom. The first kappa shape index (κ1) is 21.0. The summed E-state index contributed by atoms with van der Waals surface area (Å²) in [4.78, 5) is 39.1. The van der Waals surface area contributed by atoms with E-state index in [2.05, 4.69) is 5.32 Å². The van der Waals surface area contributed by atoms with Gasteiger partial charge in [0.25, 0.3) is 0 Å². The highest BCUT2D eigenvalue weighted by Crippen LogP contribution is 2.20. The molecule has 1 aliphatic heterocycles. The van der Waals surface area contributed by atoms with Crippen LogP contribution < -0.4 is 10.2 Å². The number of hydrogen-bond acceptors (Lipinski definition) is 4. The van der Waals surface area contributed by atoms with Gasteiger partial charge < -0.3 is 19.9 Å². The van der Waals surface area contributed by atoms with Gasteiger partial charge in [-0.2, -0.15) is 0 Å². The molecule has 148 valence electrons. The second kappa shape index (κ2) is 10.2. The summed E-state index contributed by atoms with van der Waals surface area (Å²) >= 11 is 5.98. The number of rotatable bonds is 6. The van der Waals surface area contributed by atoms with Crippen molar-refractivity contribution in [2.75, 3.05) is 31.1 Å². The van der Waals surface area contributed by atoms with Crippen molar-refractivity contribution in [1.82, 2.24) is 10.2 Å². The first-order valence-corrected chi connectivity index (χ1v) is 9.53. The van der Waals surface area contributed by atoms with Gasteiger partial charge in [0.15, 0.2) is 0 Å². The Hall–Kier alpha value is -2.28. The molecule has 2 rings (SSSR count). The lowest BCUT2D eigenvalue weighted by Gasteiger charge is -2.31. The molecule has 1 N–H and O–H groups in total. The molecule has 0 aliphatic carbocycles. The lowest BCUT2D eigenvalue weighted by Crippen LogP contribution is -2.47. The third-order valence-electron chi connectivity index (χ3n) is 4.45. The summed E-state index contributed by atoms with van der Waals surface area (Å²) in [6.07, 6.45) is 1.27. The smallest absolute Gasteiger partial charge is 0.409 e. The average Bonchev–Trinajstić information content (AvgIpc) is 2.62. The molecule has 1 aromatic rings. The topological polar surface area (TPSA) is 79.0 Å². The third-order valence-corrected chi connectivity index (χ3v) is 4.68. The first-order valence-electron chi connectivity index (χ1n) is 9.15. The van der Waals surface area contributed by atoms with Crippen molar-refractivity contribution in [3.05, 3.63) is 29.3 Å². The van der Waals surface area contributed by atoms with Crippen LogP contribution in [0.1, 0.15) is 33.1 Å². The van der Waals surface area contributed by atoms with E-state index in [9.17, 15) is 14.4 Å². The molecule has 0 unspecified atom stereocenters. The number of anilines is 1. The van der Waals surface area contributed by atoms with Gasteiger partial charge in [-0.1, -0.05) is 17.7 Å². The van der Waals surface area contributed by atoms with Crippen molar-refractivity contribution >= 4 is 35.2 Å². The summed E-state index contributed by atoms with van der Waals surface area (Å²) in [7, 11) is 0. The summed E-state index contributed by atoms with van der Waals surface area (Å²) in [6, 6.07) is 7.02. The van der Waals surface area contributed by atoms with Gasteiger partial charge >= 0.3 is 6.09 Å². The maximum Gasteiger partial charge on any atom is 0.409 e. The van der Waals surface area contributed by atoms with Crippen LogP contribution in [0.15, 0.2) is 24.3 Å². The zero-order valence-electron chi connectivity index (χ0n) is 15.7. The molecule has 0 radical (unpaired) electrons. The zero-order chi connectivity index (χ0) is 19.8. The molecule has 0 spiro atoms. The fraction of sp³-hybridized carbons (Fsp3) is 0.526. The number of ether oxygens (including phenoxy) is 1. The van der Waals surface area contributed by atoms with E-state index in [0.29, 0.717) is 43.2 Å². The van der Waals surface area contributed by atoms with E-state index in [-0.39, 0.29) is 36.9 Å². The molecule has 1 aliphatic rings. The number of benzene rings is 1. The highest BCUT2D eigenvalue weighted by atomic mass is 35.5. The van der Waals surface area contributed by atoms with Crippen molar-refractivity contribution < 1.29 is 19.1 Å².